The number of hydrogen-bond donors (Lipinski definition) is 1. The molecule has 0 radical (unpaired) electrons. The first-order valence-electron chi connectivity index (χ1n) is 6.87. The van der Waals surface area contributed by atoms with Crippen molar-refractivity contribution in [3.8, 4) is 0 Å². The molecule has 0 spiro atoms. The van der Waals surface area contributed by atoms with Gasteiger partial charge in [-0.1, -0.05) is 47.1 Å². The molecule has 0 aromatic heterocycles. The molecule has 0 fully saturated rings. The summed E-state index contributed by atoms with van der Waals surface area (Å²) in [5.41, 5.74) is 1.54. The van der Waals surface area contributed by atoms with Gasteiger partial charge in [-0.3, -0.25) is 4.99 Å². The zero-order valence-corrected chi connectivity index (χ0v) is 14.9. The first kappa shape index (κ1) is 17.2. The fourth-order valence-electron chi connectivity index (χ4n) is 2.00. The molecule has 0 aliphatic carbocycles. The van der Waals surface area contributed by atoms with Gasteiger partial charge in [0.1, 0.15) is 0 Å². The molecule has 2 nitrogen and oxygen atoms in total. The average molecular weight is 353 g/mol. The molecular weight excluding hydrogens is 335 g/mol. The Hall–Kier alpha value is -1.16. The van der Waals surface area contributed by atoms with Gasteiger partial charge in [0.15, 0.2) is 5.17 Å². The number of benzene rings is 1. The smallest absolute Gasteiger partial charge is 0.162 e. The maximum Gasteiger partial charge on any atom is 0.162 e. The van der Waals surface area contributed by atoms with Gasteiger partial charge in [-0.25, -0.2) is 0 Å². The van der Waals surface area contributed by atoms with Crippen LogP contribution in [0.2, 0.25) is 10.0 Å². The van der Waals surface area contributed by atoms with Gasteiger partial charge in [0.2, 0.25) is 0 Å². The quantitative estimate of drug-likeness (QED) is 0.718. The van der Waals surface area contributed by atoms with Gasteiger partial charge in [0, 0.05) is 27.1 Å². The van der Waals surface area contributed by atoms with Gasteiger partial charge in [0.05, 0.1) is 5.54 Å². The van der Waals surface area contributed by atoms with E-state index in [9.17, 15) is 0 Å². The number of aliphatic imine (C=N–C) groups is 1. The molecule has 0 amide bonds. The third-order valence-corrected chi connectivity index (χ3v) is 4.45. The summed E-state index contributed by atoms with van der Waals surface area (Å²) in [6.07, 6.45) is 7.82. The van der Waals surface area contributed by atoms with Crippen LogP contribution in [0.1, 0.15) is 19.4 Å². The van der Waals surface area contributed by atoms with Gasteiger partial charge in [-0.15, -0.1) is 6.58 Å². The highest BCUT2D eigenvalue weighted by Crippen LogP contribution is 2.27. The Morgan fingerprint density at radius 2 is 1.95 bits per heavy atom. The van der Waals surface area contributed by atoms with Crippen LogP contribution in [0.25, 0.3) is 6.08 Å². The maximum absolute atomic E-state index is 6.19. The van der Waals surface area contributed by atoms with Crippen molar-refractivity contribution in [1.82, 2.24) is 5.32 Å². The number of amidine groups is 1. The lowest BCUT2D eigenvalue weighted by Gasteiger charge is -2.25. The number of hydrogen-bond acceptors (Lipinski definition) is 3. The Morgan fingerprint density at radius 1 is 1.27 bits per heavy atom. The van der Waals surface area contributed by atoms with Crippen molar-refractivity contribution in [2.45, 2.75) is 19.4 Å². The van der Waals surface area contributed by atoms with Crippen molar-refractivity contribution >= 4 is 46.2 Å². The predicted molar refractivity (Wildman–Crippen MR) is 101 cm³/mol. The molecule has 0 unspecified atom stereocenters. The molecule has 1 aliphatic heterocycles. The third kappa shape index (κ3) is 4.67. The Labute approximate surface area is 146 Å². The largest absolute Gasteiger partial charge is 0.335 e. The highest BCUT2D eigenvalue weighted by Gasteiger charge is 2.20. The standard InChI is InChI=1S/C17H18Cl2N2S/c1-4-10-22-16-20-12(11-17(2,3)21-16)8-9-13-14(18)6-5-7-15(13)19/h4-9,11H,1,10H2,2-3H3,(H,20,21)/b9-8+. The Balaban J connectivity index is 2.20. The van der Waals surface area contributed by atoms with Gasteiger partial charge in [-0.2, -0.15) is 0 Å². The van der Waals surface area contributed by atoms with E-state index in [1.807, 2.05) is 36.4 Å². The summed E-state index contributed by atoms with van der Waals surface area (Å²) in [5, 5.41) is 5.46. The van der Waals surface area contributed by atoms with Crippen molar-refractivity contribution in [2.75, 3.05) is 5.75 Å². The topological polar surface area (TPSA) is 24.4 Å². The Morgan fingerprint density at radius 3 is 2.59 bits per heavy atom. The minimum Gasteiger partial charge on any atom is -0.335 e. The first-order chi connectivity index (χ1) is 10.4. The van der Waals surface area contributed by atoms with Crippen LogP contribution in [0.5, 0.6) is 0 Å². The maximum atomic E-state index is 6.19. The number of nitrogens with one attached hydrogen (secondary N) is 1. The third-order valence-electron chi connectivity index (χ3n) is 2.92. The van der Waals surface area contributed by atoms with Gasteiger partial charge in [0.25, 0.3) is 0 Å². The normalized spacial score (nSPS) is 16.9. The van der Waals surface area contributed by atoms with Crippen molar-refractivity contribution in [2.24, 2.45) is 4.99 Å². The van der Waals surface area contributed by atoms with E-state index in [1.165, 1.54) is 0 Å². The van der Waals surface area contributed by atoms with Crippen LogP contribution >= 0.6 is 35.0 Å². The second-order valence-corrected chi connectivity index (χ2v) is 7.19. The fraction of sp³-hybridized carbons (Fsp3) is 0.235. The van der Waals surface area contributed by atoms with Crippen LogP contribution in [0.3, 0.4) is 0 Å². The number of nitrogens with zero attached hydrogens (tertiary/aromatic N) is 1. The molecule has 1 aromatic carbocycles. The zero-order valence-electron chi connectivity index (χ0n) is 12.6. The SMILES string of the molecule is C=CCSC1=NC(C)(C)C=C(/C=C/c2c(Cl)cccc2Cl)N1. The fourth-order valence-corrected chi connectivity index (χ4v) is 3.29. The van der Waals surface area contributed by atoms with E-state index in [0.717, 1.165) is 22.2 Å². The Kier molecular flexibility index (Phi) is 5.79. The van der Waals surface area contributed by atoms with Crippen LogP contribution in [0.15, 0.2) is 53.7 Å². The van der Waals surface area contributed by atoms with Crippen LogP contribution in [0.4, 0.5) is 0 Å². The molecule has 22 heavy (non-hydrogen) atoms. The van der Waals surface area contributed by atoms with Crippen LogP contribution < -0.4 is 5.32 Å². The molecule has 1 aromatic rings. The number of allylic oxidation sites excluding steroid dienone is 1. The van der Waals surface area contributed by atoms with E-state index < -0.39 is 0 Å². The van der Waals surface area contributed by atoms with Gasteiger partial charge in [-0.05, 0) is 44.2 Å². The monoisotopic (exact) mass is 352 g/mol. The van der Waals surface area contributed by atoms with E-state index in [4.69, 9.17) is 23.2 Å². The number of rotatable bonds is 4. The lowest BCUT2D eigenvalue weighted by Crippen LogP contribution is -2.31. The van der Waals surface area contributed by atoms with E-state index in [1.54, 1.807) is 11.8 Å². The Bertz CT molecular complexity index is 640. The van der Waals surface area contributed by atoms with E-state index in [2.05, 4.69) is 36.8 Å². The molecule has 0 saturated heterocycles. The molecule has 0 saturated carbocycles. The molecule has 1 N–H and O–H groups in total. The summed E-state index contributed by atoms with van der Waals surface area (Å²) in [4.78, 5) is 4.65. The lowest BCUT2D eigenvalue weighted by atomic mass is 10.0. The minimum atomic E-state index is -0.251. The summed E-state index contributed by atoms with van der Waals surface area (Å²) in [6.45, 7) is 7.87. The summed E-state index contributed by atoms with van der Waals surface area (Å²) >= 11 is 14.0. The lowest BCUT2D eigenvalue weighted by molar-refractivity contribution is 0.639. The van der Waals surface area contributed by atoms with Crippen molar-refractivity contribution in [1.29, 1.82) is 0 Å². The molecule has 5 heteroatoms. The van der Waals surface area contributed by atoms with Crippen molar-refractivity contribution < 1.29 is 0 Å². The summed E-state index contributed by atoms with van der Waals surface area (Å²) in [7, 11) is 0. The first-order valence-corrected chi connectivity index (χ1v) is 8.61. The molecule has 0 atom stereocenters. The molecular formula is C17H18Cl2N2S. The van der Waals surface area contributed by atoms with Crippen LogP contribution in [-0.2, 0) is 0 Å². The molecule has 116 valence electrons. The highest BCUT2D eigenvalue weighted by molar-refractivity contribution is 8.13. The molecule has 1 heterocycles. The van der Waals surface area contributed by atoms with E-state index >= 15 is 0 Å². The average Bonchev–Trinajstić information content (AvgIpc) is 2.43. The summed E-state index contributed by atoms with van der Waals surface area (Å²) in [5.74, 6) is 0.815. The second-order valence-electron chi connectivity index (χ2n) is 5.36. The van der Waals surface area contributed by atoms with E-state index in [0.29, 0.717) is 10.0 Å². The predicted octanol–water partition coefficient (Wildman–Crippen LogP) is 5.55. The minimum absolute atomic E-state index is 0.251. The number of thioether (sulfide) groups is 1. The van der Waals surface area contributed by atoms with Gasteiger partial charge < -0.3 is 5.32 Å². The van der Waals surface area contributed by atoms with Crippen molar-refractivity contribution in [3.63, 3.8) is 0 Å². The van der Waals surface area contributed by atoms with E-state index in [-0.39, 0.29) is 5.54 Å². The van der Waals surface area contributed by atoms with Crippen LogP contribution in [-0.4, -0.2) is 16.5 Å². The highest BCUT2D eigenvalue weighted by atomic mass is 35.5. The zero-order chi connectivity index (χ0) is 16.2. The molecule has 1 aliphatic rings. The molecule has 2 rings (SSSR count). The second kappa shape index (κ2) is 7.40. The summed E-state index contributed by atoms with van der Waals surface area (Å²) in [6, 6.07) is 5.49. The summed E-state index contributed by atoms with van der Waals surface area (Å²) < 4.78 is 0. The van der Waals surface area contributed by atoms with Crippen LogP contribution in [0, 0.1) is 0 Å². The van der Waals surface area contributed by atoms with Gasteiger partial charge >= 0.3 is 0 Å². The molecule has 0 bridgehead atoms. The number of halogens is 2. The van der Waals surface area contributed by atoms with Crippen molar-refractivity contribution in [3.05, 3.63) is 64.3 Å².